The second kappa shape index (κ2) is 6.55. The van der Waals surface area contributed by atoms with Crippen molar-refractivity contribution in [1.82, 2.24) is 0 Å². The Kier molecular flexibility index (Phi) is 5.06. The summed E-state index contributed by atoms with van der Waals surface area (Å²) in [6.07, 6.45) is 1.38. The maximum atomic E-state index is 12.7. The molecule has 0 atom stereocenters. The van der Waals surface area contributed by atoms with Gasteiger partial charge in [0.2, 0.25) is 0 Å². The van der Waals surface area contributed by atoms with Gasteiger partial charge in [-0.3, -0.25) is 0 Å². The Morgan fingerprint density at radius 1 is 1.44 bits per heavy atom. The summed E-state index contributed by atoms with van der Waals surface area (Å²) in [6.45, 7) is 4.08. The zero-order valence-electron chi connectivity index (χ0n) is 10.3. The van der Waals surface area contributed by atoms with Gasteiger partial charge in [-0.2, -0.15) is 5.26 Å². The third-order valence-corrected chi connectivity index (χ3v) is 2.07. The van der Waals surface area contributed by atoms with E-state index < -0.39 is 5.97 Å². The molecule has 1 rings (SSSR count). The number of nitrogens with zero attached hydrogens (tertiary/aromatic N) is 1. The number of halogens is 1. The van der Waals surface area contributed by atoms with E-state index in [0.717, 1.165) is 0 Å². The minimum Gasteiger partial charge on any atom is -0.461 e. The van der Waals surface area contributed by atoms with Gasteiger partial charge in [0.05, 0.1) is 6.61 Å². The van der Waals surface area contributed by atoms with Crippen LogP contribution in [0, 0.1) is 23.1 Å². The third kappa shape index (κ3) is 4.38. The maximum absolute atomic E-state index is 12.7. The molecule has 0 aliphatic carbocycles. The van der Waals surface area contributed by atoms with Gasteiger partial charge in [-0.05, 0) is 29.7 Å². The first-order chi connectivity index (χ1) is 8.52. The van der Waals surface area contributed by atoms with Gasteiger partial charge in [0.25, 0.3) is 0 Å². The smallest absolute Gasteiger partial charge is 0.348 e. The minimum absolute atomic E-state index is 0.0951. The molecule has 3 nitrogen and oxygen atoms in total. The Hall–Kier alpha value is -2.15. The summed E-state index contributed by atoms with van der Waals surface area (Å²) in [7, 11) is 0. The number of esters is 1. The molecule has 0 bridgehead atoms. The van der Waals surface area contributed by atoms with Crippen molar-refractivity contribution in [3.63, 3.8) is 0 Å². The lowest BCUT2D eigenvalue weighted by Crippen LogP contribution is -2.11. The first-order valence-corrected chi connectivity index (χ1v) is 5.57. The average molecular weight is 247 g/mol. The summed E-state index contributed by atoms with van der Waals surface area (Å²) >= 11 is 0. The highest BCUT2D eigenvalue weighted by Gasteiger charge is 2.11. The summed E-state index contributed by atoms with van der Waals surface area (Å²) in [4.78, 5) is 11.6. The quantitative estimate of drug-likeness (QED) is 0.467. The number of carbonyl (C=O) groups is 1. The normalized spacial score (nSPS) is 11.2. The van der Waals surface area contributed by atoms with Crippen LogP contribution in [0.1, 0.15) is 19.4 Å². The summed E-state index contributed by atoms with van der Waals surface area (Å²) < 4.78 is 17.6. The number of benzene rings is 1. The average Bonchev–Trinajstić information content (AvgIpc) is 2.35. The molecule has 0 radical (unpaired) electrons. The van der Waals surface area contributed by atoms with Crippen LogP contribution in [-0.2, 0) is 9.53 Å². The Bertz CT molecular complexity index is 484. The van der Waals surface area contributed by atoms with E-state index in [1.165, 1.54) is 30.3 Å². The minimum atomic E-state index is -0.657. The van der Waals surface area contributed by atoms with Gasteiger partial charge in [0.15, 0.2) is 0 Å². The zero-order valence-corrected chi connectivity index (χ0v) is 10.3. The number of rotatable bonds is 4. The zero-order chi connectivity index (χ0) is 13.5. The SMILES string of the molecule is CC(C)COC(=O)/C(C#N)=C/c1ccc(F)cc1. The summed E-state index contributed by atoms with van der Waals surface area (Å²) in [6, 6.07) is 7.29. The van der Waals surface area contributed by atoms with Crippen LogP contribution in [0.2, 0.25) is 0 Å². The molecule has 0 unspecified atom stereocenters. The molecule has 1 aromatic rings. The fourth-order valence-electron chi connectivity index (χ4n) is 1.18. The van der Waals surface area contributed by atoms with E-state index in [2.05, 4.69) is 0 Å². The third-order valence-electron chi connectivity index (χ3n) is 2.07. The molecule has 0 fully saturated rings. The van der Waals surface area contributed by atoms with Crippen LogP contribution in [0.3, 0.4) is 0 Å². The molecule has 0 saturated carbocycles. The van der Waals surface area contributed by atoms with Gasteiger partial charge in [-0.1, -0.05) is 26.0 Å². The van der Waals surface area contributed by atoms with Crippen LogP contribution in [0.5, 0.6) is 0 Å². The van der Waals surface area contributed by atoms with E-state index in [1.807, 2.05) is 13.8 Å². The monoisotopic (exact) mass is 247 g/mol. The Morgan fingerprint density at radius 3 is 2.56 bits per heavy atom. The molecule has 4 heteroatoms. The Morgan fingerprint density at radius 2 is 2.06 bits per heavy atom. The van der Waals surface area contributed by atoms with Gasteiger partial charge in [0, 0.05) is 0 Å². The van der Waals surface area contributed by atoms with Crippen molar-refractivity contribution < 1.29 is 13.9 Å². The molecule has 0 aliphatic rings. The van der Waals surface area contributed by atoms with Gasteiger partial charge in [0.1, 0.15) is 17.5 Å². The van der Waals surface area contributed by atoms with Gasteiger partial charge < -0.3 is 4.74 Å². The van der Waals surface area contributed by atoms with E-state index in [1.54, 1.807) is 6.07 Å². The predicted molar refractivity (Wildman–Crippen MR) is 65.8 cm³/mol. The van der Waals surface area contributed by atoms with Crippen LogP contribution in [-0.4, -0.2) is 12.6 Å². The van der Waals surface area contributed by atoms with E-state index in [4.69, 9.17) is 10.00 Å². The maximum Gasteiger partial charge on any atom is 0.348 e. The van der Waals surface area contributed by atoms with Crippen molar-refractivity contribution in [3.05, 3.63) is 41.2 Å². The molecular formula is C14H14FNO2. The molecule has 0 amide bonds. The first kappa shape index (κ1) is 13.9. The van der Waals surface area contributed by atoms with Crippen molar-refractivity contribution >= 4 is 12.0 Å². The summed E-state index contributed by atoms with van der Waals surface area (Å²) in [5, 5.41) is 8.88. The van der Waals surface area contributed by atoms with E-state index in [-0.39, 0.29) is 23.9 Å². The molecule has 1 aromatic carbocycles. The molecule has 0 N–H and O–H groups in total. The summed E-state index contributed by atoms with van der Waals surface area (Å²) in [5.41, 5.74) is 0.483. The van der Waals surface area contributed by atoms with Crippen molar-refractivity contribution in [2.75, 3.05) is 6.61 Å². The van der Waals surface area contributed by atoms with E-state index >= 15 is 0 Å². The highest BCUT2D eigenvalue weighted by molar-refractivity contribution is 5.97. The molecule has 18 heavy (non-hydrogen) atoms. The van der Waals surface area contributed by atoms with Gasteiger partial charge in [-0.15, -0.1) is 0 Å². The van der Waals surface area contributed by atoms with Crippen LogP contribution in [0.15, 0.2) is 29.8 Å². The van der Waals surface area contributed by atoms with Gasteiger partial charge in [-0.25, -0.2) is 9.18 Å². The fourth-order valence-corrected chi connectivity index (χ4v) is 1.18. The summed E-state index contributed by atoms with van der Waals surface area (Å²) in [5.74, 6) is -0.816. The number of hydrogen-bond donors (Lipinski definition) is 0. The van der Waals surface area contributed by atoms with E-state index in [9.17, 15) is 9.18 Å². The molecule has 94 valence electrons. The highest BCUT2D eigenvalue weighted by Crippen LogP contribution is 2.09. The Balaban J connectivity index is 2.80. The van der Waals surface area contributed by atoms with Crippen molar-refractivity contribution in [2.45, 2.75) is 13.8 Å². The Labute approximate surface area is 105 Å². The van der Waals surface area contributed by atoms with Crippen LogP contribution in [0.4, 0.5) is 4.39 Å². The number of carbonyl (C=O) groups excluding carboxylic acids is 1. The van der Waals surface area contributed by atoms with Crippen LogP contribution >= 0.6 is 0 Å². The second-order valence-electron chi connectivity index (χ2n) is 4.21. The topological polar surface area (TPSA) is 50.1 Å². The van der Waals surface area contributed by atoms with Crippen molar-refractivity contribution in [3.8, 4) is 6.07 Å². The van der Waals surface area contributed by atoms with Crippen LogP contribution in [0.25, 0.3) is 6.08 Å². The molecular weight excluding hydrogens is 233 g/mol. The lowest BCUT2D eigenvalue weighted by atomic mass is 10.1. The lowest BCUT2D eigenvalue weighted by molar-refractivity contribution is -0.139. The second-order valence-corrected chi connectivity index (χ2v) is 4.21. The molecule has 0 saturated heterocycles. The van der Waals surface area contributed by atoms with Crippen molar-refractivity contribution in [2.24, 2.45) is 5.92 Å². The highest BCUT2D eigenvalue weighted by atomic mass is 19.1. The molecule has 0 aromatic heterocycles. The standard InChI is InChI=1S/C14H14FNO2/c1-10(2)9-18-14(17)12(8-16)7-11-3-5-13(15)6-4-11/h3-7,10H,9H2,1-2H3/b12-7+. The molecule has 0 spiro atoms. The van der Waals surface area contributed by atoms with Crippen molar-refractivity contribution in [1.29, 1.82) is 5.26 Å². The molecule has 0 heterocycles. The number of nitriles is 1. The van der Waals surface area contributed by atoms with E-state index in [0.29, 0.717) is 5.56 Å². The largest absolute Gasteiger partial charge is 0.461 e. The molecule has 0 aliphatic heterocycles. The van der Waals surface area contributed by atoms with Gasteiger partial charge >= 0.3 is 5.97 Å². The first-order valence-electron chi connectivity index (χ1n) is 5.57. The fraction of sp³-hybridized carbons (Fsp3) is 0.286. The van der Waals surface area contributed by atoms with Crippen LogP contribution < -0.4 is 0 Å². The number of hydrogen-bond acceptors (Lipinski definition) is 3. The number of ether oxygens (including phenoxy) is 1. The predicted octanol–water partition coefficient (Wildman–Crippen LogP) is 2.93. The lowest BCUT2D eigenvalue weighted by Gasteiger charge is -2.05.